The molecule has 1 amide bonds. The third-order valence-electron chi connectivity index (χ3n) is 1.65. The van der Waals surface area contributed by atoms with E-state index in [0.717, 1.165) is 11.3 Å². The molecular weight excluding hydrogens is 164 g/mol. The highest BCUT2D eigenvalue weighted by atomic mass is 16.1. The van der Waals surface area contributed by atoms with Gasteiger partial charge in [-0.2, -0.15) is 0 Å². The van der Waals surface area contributed by atoms with Crippen LogP contribution in [0, 0.1) is 0 Å². The van der Waals surface area contributed by atoms with Crippen LogP contribution in [0.3, 0.4) is 0 Å². The van der Waals surface area contributed by atoms with E-state index in [0.29, 0.717) is 5.69 Å². The predicted octanol–water partition coefficient (Wildman–Crippen LogP) is 1.47. The molecule has 0 saturated heterocycles. The van der Waals surface area contributed by atoms with Crippen molar-refractivity contribution in [3.63, 3.8) is 0 Å². The lowest BCUT2D eigenvalue weighted by Gasteiger charge is -2.01. The third-order valence-corrected chi connectivity index (χ3v) is 1.65. The fourth-order valence-electron chi connectivity index (χ4n) is 0.927. The zero-order valence-corrected chi connectivity index (χ0v) is 7.79. The number of hydrogen-bond acceptors (Lipinski definition) is 2. The van der Waals surface area contributed by atoms with Gasteiger partial charge in [0.15, 0.2) is 0 Å². The van der Waals surface area contributed by atoms with Crippen LogP contribution in [0.25, 0.3) is 5.57 Å². The van der Waals surface area contributed by atoms with Crippen LogP contribution < -0.4 is 5.32 Å². The molecule has 0 spiro atoms. The number of allylic oxidation sites excluding steroid dienone is 1. The highest BCUT2D eigenvalue weighted by Crippen LogP contribution is 2.08. The molecule has 0 aromatic carbocycles. The molecule has 13 heavy (non-hydrogen) atoms. The summed E-state index contributed by atoms with van der Waals surface area (Å²) >= 11 is 0. The van der Waals surface area contributed by atoms with Crippen LogP contribution >= 0.6 is 0 Å². The minimum Gasteiger partial charge on any atom is -0.354 e. The molecule has 1 rings (SSSR count). The zero-order valence-electron chi connectivity index (χ0n) is 7.79. The molecule has 0 fully saturated rings. The van der Waals surface area contributed by atoms with Gasteiger partial charge >= 0.3 is 0 Å². The van der Waals surface area contributed by atoms with E-state index in [1.54, 1.807) is 19.2 Å². The van der Waals surface area contributed by atoms with Gasteiger partial charge in [-0.25, -0.2) is 4.98 Å². The van der Waals surface area contributed by atoms with Crippen molar-refractivity contribution in [2.24, 2.45) is 0 Å². The van der Waals surface area contributed by atoms with Crippen LogP contribution in [-0.4, -0.2) is 17.9 Å². The third kappa shape index (κ3) is 2.15. The van der Waals surface area contributed by atoms with E-state index in [-0.39, 0.29) is 5.91 Å². The second-order valence-electron chi connectivity index (χ2n) is 2.77. The van der Waals surface area contributed by atoms with Crippen molar-refractivity contribution in [2.75, 3.05) is 7.05 Å². The monoisotopic (exact) mass is 176 g/mol. The lowest BCUT2D eigenvalue weighted by Crippen LogP contribution is -2.19. The summed E-state index contributed by atoms with van der Waals surface area (Å²) in [5.41, 5.74) is 2.02. The average Bonchev–Trinajstić information content (AvgIpc) is 2.17. The van der Waals surface area contributed by atoms with Crippen molar-refractivity contribution in [3.05, 3.63) is 36.2 Å². The highest BCUT2D eigenvalue weighted by Gasteiger charge is 2.04. The van der Waals surface area contributed by atoms with Gasteiger partial charge in [0, 0.05) is 7.05 Å². The van der Waals surface area contributed by atoms with Gasteiger partial charge in [-0.3, -0.25) is 4.79 Å². The SMILES string of the molecule is C=C(C)c1cccc(C(=O)NC)n1. The van der Waals surface area contributed by atoms with E-state index in [4.69, 9.17) is 0 Å². The first kappa shape index (κ1) is 9.45. The van der Waals surface area contributed by atoms with E-state index in [1.165, 1.54) is 0 Å². The maximum absolute atomic E-state index is 11.2. The maximum Gasteiger partial charge on any atom is 0.269 e. The van der Waals surface area contributed by atoms with E-state index in [9.17, 15) is 4.79 Å². The Hall–Kier alpha value is -1.64. The molecule has 0 aliphatic heterocycles. The second kappa shape index (κ2) is 3.85. The number of amides is 1. The molecule has 0 aliphatic rings. The van der Waals surface area contributed by atoms with Crippen molar-refractivity contribution in [1.82, 2.24) is 10.3 Å². The number of carbonyl (C=O) groups is 1. The predicted molar refractivity (Wildman–Crippen MR) is 52.3 cm³/mol. The maximum atomic E-state index is 11.2. The Balaban J connectivity index is 3.05. The lowest BCUT2D eigenvalue weighted by molar-refractivity contribution is 0.0958. The van der Waals surface area contributed by atoms with Gasteiger partial charge < -0.3 is 5.32 Å². The van der Waals surface area contributed by atoms with Crippen LogP contribution in [-0.2, 0) is 0 Å². The number of nitrogens with zero attached hydrogens (tertiary/aromatic N) is 1. The minimum absolute atomic E-state index is 0.178. The molecule has 0 bridgehead atoms. The fourth-order valence-corrected chi connectivity index (χ4v) is 0.927. The first-order valence-corrected chi connectivity index (χ1v) is 4.00. The summed E-state index contributed by atoms with van der Waals surface area (Å²) in [7, 11) is 1.58. The first-order valence-electron chi connectivity index (χ1n) is 4.00. The van der Waals surface area contributed by atoms with E-state index in [2.05, 4.69) is 16.9 Å². The quantitative estimate of drug-likeness (QED) is 0.741. The number of rotatable bonds is 2. The Kier molecular flexibility index (Phi) is 2.80. The molecule has 0 aliphatic carbocycles. The molecular formula is C10H12N2O. The number of nitrogens with one attached hydrogen (secondary N) is 1. The molecule has 3 nitrogen and oxygen atoms in total. The number of aromatic nitrogens is 1. The van der Waals surface area contributed by atoms with E-state index >= 15 is 0 Å². The highest BCUT2D eigenvalue weighted by molar-refractivity contribution is 5.92. The second-order valence-corrected chi connectivity index (χ2v) is 2.77. The molecule has 0 saturated carbocycles. The van der Waals surface area contributed by atoms with Crippen LogP contribution in [0.15, 0.2) is 24.8 Å². The Labute approximate surface area is 77.5 Å². The Morgan fingerprint density at radius 1 is 1.46 bits per heavy atom. The fraction of sp³-hybridized carbons (Fsp3) is 0.200. The Morgan fingerprint density at radius 3 is 2.62 bits per heavy atom. The number of hydrogen-bond donors (Lipinski definition) is 1. The summed E-state index contributed by atoms with van der Waals surface area (Å²) in [5.74, 6) is -0.178. The van der Waals surface area contributed by atoms with Crippen molar-refractivity contribution in [2.45, 2.75) is 6.92 Å². The largest absolute Gasteiger partial charge is 0.354 e. The van der Waals surface area contributed by atoms with E-state index < -0.39 is 0 Å². The molecule has 1 N–H and O–H groups in total. The van der Waals surface area contributed by atoms with Gasteiger partial charge in [0.05, 0.1) is 5.69 Å². The van der Waals surface area contributed by atoms with Crippen LogP contribution in [0.1, 0.15) is 23.1 Å². The van der Waals surface area contributed by atoms with Crippen molar-refractivity contribution in [1.29, 1.82) is 0 Å². The van der Waals surface area contributed by atoms with Crippen LogP contribution in [0.2, 0.25) is 0 Å². The van der Waals surface area contributed by atoms with Gasteiger partial charge in [0.2, 0.25) is 0 Å². The van der Waals surface area contributed by atoms with Gasteiger partial charge in [-0.15, -0.1) is 0 Å². The van der Waals surface area contributed by atoms with Crippen molar-refractivity contribution < 1.29 is 4.79 Å². The molecule has 1 aromatic heterocycles. The molecule has 0 atom stereocenters. The van der Waals surface area contributed by atoms with Gasteiger partial charge in [-0.05, 0) is 24.6 Å². The number of carbonyl (C=O) groups excluding carboxylic acids is 1. The summed E-state index contributed by atoms with van der Waals surface area (Å²) in [6.45, 7) is 5.61. The normalized spacial score (nSPS) is 9.38. The summed E-state index contributed by atoms with van der Waals surface area (Å²) < 4.78 is 0. The number of pyridine rings is 1. The molecule has 1 aromatic rings. The van der Waals surface area contributed by atoms with Crippen molar-refractivity contribution >= 4 is 11.5 Å². The lowest BCUT2D eigenvalue weighted by atomic mass is 10.2. The smallest absolute Gasteiger partial charge is 0.269 e. The molecule has 68 valence electrons. The van der Waals surface area contributed by atoms with Crippen molar-refractivity contribution in [3.8, 4) is 0 Å². The molecule has 3 heteroatoms. The van der Waals surface area contributed by atoms with Gasteiger partial charge in [0.1, 0.15) is 5.69 Å². The summed E-state index contributed by atoms with van der Waals surface area (Å²) in [4.78, 5) is 15.3. The molecule has 1 heterocycles. The van der Waals surface area contributed by atoms with Gasteiger partial charge in [0.25, 0.3) is 5.91 Å². The van der Waals surface area contributed by atoms with Crippen LogP contribution in [0.5, 0.6) is 0 Å². The molecule has 0 radical (unpaired) electrons. The van der Waals surface area contributed by atoms with Crippen LogP contribution in [0.4, 0.5) is 0 Å². The minimum atomic E-state index is -0.178. The first-order chi connectivity index (χ1) is 6.15. The zero-order chi connectivity index (χ0) is 9.84. The van der Waals surface area contributed by atoms with E-state index in [1.807, 2.05) is 13.0 Å². The van der Waals surface area contributed by atoms with Gasteiger partial charge in [-0.1, -0.05) is 12.6 Å². The summed E-state index contributed by atoms with van der Waals surface area (Å²) in [6, 6.07) is 5.29. The topological polar surface area (TPSA) is 42.0 Å². The Morgan fingerprint density at radius 2 is 2.08 bits per heavy atom. The summed E-state index contributed by atoms with van der Waals surface area (Å²) in [6.07, 6.45) is 0. The Bertz CT molecular complexity index is 345. The average molecular weight is 176 g/mol. The summed E-state index contributed by atoms with van der Waals surface area (Å²) in [5, 5.41) is 2.52. The standard InChI is InChI=1S/C10H12N2O/c1-7(2)8-5-4-6-9(12-8)10(13)11-3/h4-6H,1H2,2-3H3,(H,11,13). The molecule has 0 unspecified atom stereocenters.